The summed E-state index contributed by atoms with van der Waals surface area (Å²) in [4.78, 5) is 25.1. The number of sulfonamides is 1. The van der Waals surface area contributed by atoms with Crippen LogP contribution in [0.4, 0.5) is 0 Å². The predicted octanol–water partition coefficient (Wildman–Crippen LogP) is 2.68. The maximum atomic E-state index is 12.6. The van der Waals surface area contributed by atoms with E-state index in [0.29, 0.717) is 11.5 Å². The maximum absolute atomic E-state index is 12.6. The topological polar surface area (TPSA) is 102 Å². The number of nitrogens with one attached hydrogen (secondary N) is 2. The number of aryl methyl sites for hydroxylation is 1. The van der Waals surface area contributed by atoms with Crippen molar-refractivity contribution in [2.75, 3.05) is 0 Å². The number of rotatable bonds is 7. The van der Waals surface area contributed by atoms with Crippen molar-refractivity contribution in [3.63, 3.8) is 0 Å². The van der Waals surface area contributed by atoms with Crippen molar-refractivity contribution in [3.8, 4) is 0 Å². The van der Waals surface area contributed by atoms with Crippen molar-refractivity contribution in [2.24, 2.45) is 5.92 Å². The zero-order valence-electron chi connectivity index (χ0n) is 17.2. The average Bonchev–Trinajstić information content (AvgIpc) is 3.46. The Kier molecular flexibility index (Phi) is 6.63. The van der Waals surface area contributed by atoms with Crippen LogP contribution in [0, 0.1) is 12.8 Å². The van der Waals surface area contributed by atoms with Crippen LogP contribution in [0.15, 0.2) is 23.1 Å². The van der Waals surface area contributed by atoms with Crippen LogP contribution in [-0.2, 0) is 19.6 Å². The lowest BCUT2D eigenvalue weighted by atomic mass is 9.86. The zero-order valence-corrected chi connectivity index (χ0v) is 18.1. The molecular formula is C21H30N2O5S. The molecule has 0 spiro atoms. The van der Waals surface area contributed by atoms with Gasteiger partial charge in [0.1, 0.15) is 0 Å². The molecule has 2 N–H and O–H groups in total. The van der Waals surface area contributed by atoms with Crippen LogP contribution in [-0.4, -0.2) is 38.5 Å². The summed E-state index contributed by atoms with van der Waals surface area (Å²) in [6.07, 6.45) is 4.96. The highest BCUT2D eigenvalue weighted by Crippen LogP contribution is 2.25. The fourth-order valence-corrected chi connectivity index (χ4v) is 4.92. The summed E-state index contributed by atoms with van der Waals surface area (Å²) in [5.74, 6) is -0.627. The Morgan fingerprint density at radius 2 is 1.83 bits per heavy atom. The molecule has 0 bridgehead atoms. The molecule has 160 valence electrons. The van der Waals surface area contributed by atoms with Crippen molar-refractivity contribution < 1.29 is 22.7 Å². The Hall–Kier alpha value is -1.93. The second kappa shape index (κ2) is 8.83. The number of carbonyl (C=O) groups excluding carboxylic acids is 2. The van der Waals surface area contributed by atoms with E-state index in [1.807, 2.05) is 0 Å². The van der Waals surface area contributed by atoms with Crippen molar-refractivity contribution in [1.29, 1.82) is 0 Å². The van der Waals surface area contributed by atoms with Gasteiger partial charge in [-0.1, -0.05) is 25.8 Å². The van der Waals surface area contributed by atoms with Gasteiger partial charge in [0.25, 0.3) is 5.91 Å². The van der Waals surface area contributed by atoms with Gasteiger partial charge in [-0.3, -0.25) is 4.79 Å². The minimum absolute atomic E-state index is 0.0232. The smallest absolute Gasteiger partial charge is 0.339 e. The van der Waals surface area contributed by atoms with Crippen LogP contribution < -0.4 is 10.0 Å². The van der Waals surface area contributed by atoms with Gasteiger partial charge in [-0.05, 0) is 63.1 Å². The molecule has 3 rings (SSSR count). The normalized spacial score (nSPS) is 23.3. The van der Waals surface area contributed by atoms with Crippen molar-refractivity contribution in [3.05, 3.63) is 29.3 Å². The van der Waals surface area contributed by atoms with Gasteiger partial charge >= 0.3 is 5.97 Å². The van der Waals surface area contributed by atoms with E-state index in [1.54, 1.807) is 13.0 Å². The standard InChI is InChI=1S/C21H30N2O5S/c1-13-8-11-17(29(26,27)23-16-9-10-16)12-18(13)21(25)28-15(3)20(24)22-19-7-5-4-6-14(19)2/h8,11-12,14-16,19,23H,4-7,9-10H2,1-3H3,(H,22,24). The van der Waals surface area contributed by atoms with Gasteiger partial charge in [0.05, 0.1) is 10.5 Å². The Morgan fingerprint density at radius 1 is 1.14 bits per heavy atom. The van der Waals surface area contributed by atoms with Crippen LogP contribution in [0.5, 0.6) is 0 Å². The molecule has 3 unspecified atom stereocenters. The minimum Gasteiger partial charge on any atom is -0.449 e. The van der Waals surface area contributed by atoms with E-state index in [-0.39, 0.29) is 28.4 Å². The molecular weight excluding hydrogens is 392 g/mol. The second-order valence-electron chi connectivity index (χ2n) is 8.30. The van der Waals surface area contributed by atoms with Crippen LogP contribution >= 0.6 is 0 Å². The molecule has 29 heavy (non-hydrogen) atoms. The van der Waals surface area contributed by atoms with Crippen LogP contribution in [0.3, 0.4) is 0 Å². The first-order valence-electron chi connectivity index (χ1n) is 10.3. The summed E-state index contributed by atoms with van der Waals surface area (Å²) in [5.41, 5.74) is 0.739. The largest absolute Gasteiger partial charge is 0.449 e. The first-order valence-corrected chi connectivity index (χ1v) is 11.8. The Labute approximate surface area is 172 Å². The van der Waals surface area contributed by atoms with E-state index >= 15 is 0 Å². The van der Waals surface area contributed by atoms with E-state index in [9.17, 15) is 18.0 Å². The lowest BCUT2D eigenvalue weighted by Gasteiger charge is -2.30. The molecule has 3 atom stereocenters. The molecule has 2 aliphatic rings. The highest BCUT2D eigenvalue weighted by molar-refractivity contribution is 7.89. The number of amides is 1. The van der Waals surface area contributed by atoms with E-state index in [2.05, 4.69) is 17.0 Å². The molecule has 7 nitrogen and oxygen atoms in total. The maximum Gasteiger partial charge on any atom is 0.339 e. The molecule has 1 aromatic rings. The van der Waals surface area contributed by atoms with E-state index in [1.165, 1.54) is 25.5 Å². The summed E-state index contributed by atoms with van der Waals surface area (Å²) >= 11 is 0. The third kappa shape index (κ3) is 5.57. The number of hydrogen-bond acceptors (Lipinski definition) is 5. The predicted molar refractivity (Wildman–Crippen MR) is 109 cm³/mol. The van der Waals surface area contributed by atoms with Crippen molar-refractivity contribution >= 4 is 21.9 Å². The first-order chi connectivity index (χ1) is 13.7. The van der Waals surface area contributed by atoms with Gasteiger partial charge in [-0.25, -0.2) is 17.9 Å². The third-order valence-corrected chi connectivity index (χ3v) is 7.25. The third-order valence-electron chi connectivity index (χ3n) is 5.73. The van der Waals surface area contributed by atoms with Gasteiger partial charge in [0, 0.05) is 12.1 Å². The number of hydrogen-bond donors (Lipinski definition) is 2. The van der Waals surface area contributed by atoms with E-state index in [0.717, 1.165) is 32.1 Å². The van der Waals surface area contributed by atoms with Gasteiger partial charge < -0.3 is 10.1 Å². The Balaban J connectivity index is 1.66. The Morgan fingerprint density at radius 3 is 2.48 bits per heavy atom. The molecule has 2 fully saturated rings. The Bertz CT molecular complexity index is 879. The number of carbonyl (C=O) groups is 2. The van der Waals surface area contributed by atoms with Crippen LogP contribution in [0.2, 0.25) is 0 Å². The van der Waals surface area contributed by atoms with Crippen molar-refractivity contribution in [1.82, 2.24) is 10.0 Å². The zero-order chi connectivity index (χ0) is 21.2. The van der Waals surface area contributed by atoms with Gasteiger partial charge in [-0.15, -0.1) is 0 Å². The SMILES string of the molecule is Cc1ccc(S(=O)(=O)NC2CC2)cc1C(=O)OC(C)C(=O)NC1CCCCC1C. The van der Waals surface area contributed by atoms with E-state index in [4.69, 9.17) is 4.74 Å². The highest BCUT2D eigenvalue weighted by atomic mass is 32.2. The number of ether oxygens (including phenoxy) is 1. The number of benzene rings is 1. The molecule has 0 heterocycles. The lowest BCUT2D eigenvalue weighted by molar-refractivity contribution is -0.130. The molecule has 0 saturated heterocycles. The summed E-state index contributed by atoms with van der Waals surface area (Å²) in [5, 5.41) is 2.98. The summed E-state index contributed by atoms with van der Waals surface area (Å²) < 4.78 is 32.8. The minimum atomic E-state index is -3.68. The first kappa shape index (κ1) is 21.8. The molecule has 0 radical (unpaired) electrons. The highest BCUT2D eigenvalue weighted by Gasteiger charge is 2.30. The van der Waals surface area contributed by atoms with Gasteiger partial charge in [0.15, 0.2) is 6.10 Å². The monoisotopic (exact) mass is 422 g/mol. The molecule has 2 saturated carbocycles. The molecule has 0 aliphatic heterocycles. The second-order valence-corrected chi connectivity index (χ2v) is 10.0. The number of esters is 1. The van der Waals surface area contributed by atoms with Gasteiger partial charge in [-0.2, -0.15) is 0 Å². The van der Waals surface area contributed by atoms with Crippen LogP contribution in [0.1, 0.15) is 68.3 Å². The molecule has 2 aliphatic carbocycles. The van der Waals surface area contributed by atoms with Crippen molar-refractivity contribution in [2.45, 2.75) is 82.4 Å². The van der Waals surface area contributed by atoms with E-state index < -0.39 is 22.1 Å². The quantitative estimate of drug-likeness (QED) is 0.658. The molecule has 1 amide bonds. The fourth-order valence-electron chi connectivity index (χ4n) is 3.59. The molecule has 0 aromatic heterocycles. The molecule has 1 aromatic carbocycles. The van der Waals surface area contributed by atoms with Gasteiger partial charge in [0.2, 0.25) is 10.0 Å². The lowest BCUT2D eigenvalue weighted by Crippen LogP contribution is -2.46. The fraction of sp³-hybridized carbons (Fsp3) is 0.619. The summed E-state index contributed by atoms with van der Waals surface area (Å²) in [7, 11) is -3.68. The van der Waals surface area contributed by atoms with Crippen LogP contribution in [0.25, 0.3) is 0 Å². The molecule has 8 heteroatoms. The summed E-state index contributed by atoms with van der Waals surface area (Å²) in [6.45, 7) is 5.35. The summed E-state index contributed by atoms with van der Waals surface area (Å²) in [6, 6.07) is 4.43. The average molecular weight is 423 g/mol.